The van der Waals surface area contributed by atoms with Crippen LogP contribution < -0.4 is 15.4 Å². The fourth-order valence-corrected chi connectivity index (χ4v) is 2.55. The first-order valence-corrected chi connectivity index (χ1v) is 8.98. The summed E-state index contributed by atoms with van der Waals surface area (Å²) in [6.07, 6.45) is -0.544. The number of ether oxygens (including phenoxy) is 1. The van der Waals surface area contributed by atoms with Crippen molar-refractivity contribution in [1.29, 1.82) is 0 Å². The minimum atomic E-state index is -2.63. The molecule has 0 bridgehead atoms. The smallest absolute Gasteiger partial charge is 0.261 e. The van der Waals surface area contributed by atoms with Crippen LogP contribution in [0.5, 0.6) is 5.75 Å². The molecule has 0 radical (unpaired) electrons. The number of hydrogen-bond donors (Lipinski definition) is 2. The van der Waals surface area contributed by atoms with Crippen molar-refractivity contribution in [2.75, 3.05) is 6.54 Å². The van der Waals surface area contributed by atoms with E-state index in [-0.39, 0.29) is 0 Å². The lowest BCUT2D eigenvalue weighted by atomic mass is 10.0. The number of halogens is 4. The summed E-state index contributed by atoms with van der Waals surface area (Å²) in [5.41, 5.74) is -0.901. The Morgan fingerprint density at radius 3 is 2.33 bits per heavy atom. The van der Waals surface area contributed by atoms with Crippen LogP contribution in [0.2, 0.25) is 10.0 Å². The lowest BCUT2D eigenvalue weighted by molar-refractivity contribution is -0.129. The quantitative estimate of drug-likeness (QED) is 0.591. The van der Waals surface area contributed by atoms with E-state index < -0.39 is 36.4 Å². The lowest BCUT2D eigenvalue weighted by Gasteiger charge is -2.26. The molecule has 0 fully saturated rings. The van der Waals surface area contributed by atoms with Crippen LogP contribution in [0.1, 0.15) is 27.2 Å². The first kappa shape index (κ1) is 23.2. The van der Waals surface area contributed by atoms with E-state index >= 15 is 0 Å². The maximum absolute atomic E-state index is 12.5. The fraction of sp³-hybridized carbons (Fsp3) is 0.444. The van der Waals surface area contributed by atoms with Gasteiger partial charge in [0.05, 0.1) is 12.1 Å². The van der Waals surface area contributed by atoms with Crippen molar-refractivity contribution in [2.45, 2.75) is 45.3 Å². The summed E-state index contributed by atoms with van der Waals surface area (Å²) in [5.74, 6) is -0.722. The highest BCUT2D eigenvalue weighted by Gasteiger charge is 2.25. The molecule has 0 aliphatic heterocycles. The molecule has 0 aliphatic rings. The Balaban J connectivity index is 2.70. The van der Waals surface area contributed by atoms with E-state index in [2.05, 4.69) is 5.32 Å². The molecule has 1 atom stereocenters. The Morgan fingerprint density at radius 1 is 1.22 bits per heavy atom. The normalized spacial score (nSPS) is 12.9. The molecule has 9 heteroatoms. The van der Waals surface area contributed by atoms with Crippen molar-refractivity contribution in [2.24, 2.45) is 0 Å². The second-order valence-electron chi connectivity index (χ2n) is 6.30. The molecule has 0 heterocycles. The highest BCUT2D eigenvalue weighted by atomic mass is 35.5. The van der Waals surface area contributed by atoms with Crippen LogP contribution in [0, 0.1) is 0 Å². The molecular formula is C18H22Cl2F2N2O3. The Bertz CT molecular complexity index is 677. The standard InChI is InChI=1S/C18H22Cl2F2N2O3/c1-4-14(27-13-8-11(19)7-12(20)9-13)17(26)24-18(2,3)6-5-16(25)23-10-15(21)22/h5-9,14-15H,4,10H2,1-3H3,(H,23,25)(H,24,26)/b6-5+/t14-/m1/s1. The van der Waals surface area contributed by atoms with Crippen LogP contribution in [0.15, 0.2) is 30.4 Å². The van der Waals surface area contributed by atoms with Crippen molar-refractivity contribution in [3.05, 3.63) is 40.4 Å². The van der Waals surface area contributed by atoms with Crippen LogP contribution >= 0.6 is 23.2 Å². The fourth-order valence-electron chi connectivity index (χ4n) is 2.04. The van der Waals surface area contributed by atoms with Crippen molar-refractivity contribution < 1.29 is 23.1 Å². The Hall–Kier alpha value is -1.86. The average molecular weight is 423 g/mol. The van der Waals surface area contributed by atoms with Crippen molar-refractivity contribution in [1.82, 2.24) is 10.6 Å². The summed E-state index contributed by atoms with van der Waals surface area (Å²) in [5, 5.41) is 5.54. The van der Waals surface area contributed by atoms with Gasteiger partial charge in [0, 0.05) is 16.1 Å². The third-order valence-electron chi connectivity index (χ3n) is 3.30. The molecule has 2 N–H and O–H groups in total. The van der Waals surface area contributed by atoms with Crippen LogP contribution in [0.25, 0.3) is 0 Å². The number of amides is 2. The molecule has 0 aromatic heterocycles. The van der Waals surface area contributed by atoms with Gasteiger partial charge in [-0.05, 0) is 38.5 Å². The molecule has 0 unspecified atom stereocenters. The van der Waals surface area contributed by atoms with Crippen LogP contribution in [-0.2, 0) is 9.59 Å². The maximum Gasteiger partial charge on any atom is 0.261 e. The van der Waals surface area contributed by atoms with Crippen LogP contribution in [-0.4, -0.2) is 36.4 Å². The number of alkyl halides is 2. The van der Waals surface area contributed by atoms with Gasteiger partial charge >= 0.3 is 0 Å². The first-order chi connectivity index (χ1) is 12.5. The third-order valence-corrected chi connectivity index (χ3v) is 3.74. The maximum atomic E-state index is 12.5. The largest absolute Gasteiger partial charge is 0.481 e. The monoisotopic (exact) mass is 422 g/mol. The molecule has 2 amide bonds. The van der Waals surface area contributed by atoms with Crippen molar-refractivity contribution in [3.63, 3.8) is 0 Å². The van der Waals surface area contributed by atoms with E-state index in [0.717, 1.165) is 6.08 Å². The molecule has 27 heavy (non-hydrogen) atoms. The van der Waals surface area contributed by atoms with Gasteiger partial charge in [0.2, 0.25) is 5.91 Å². The van der Waals surface area contributed by atoms with Gasteiger partial charge in [-0.3, -0.25) is 9.59 Å². The molecule has 5 nitrogen and oxygen atoms in total. The van der Waals surface area contributed by atoms with E-state index in [0.29, 0.717) is 22.2 Å². The molecule has 1 aromatic rings. The SMILES string of the molecule is CC[C@@H](Oc1cc(Cl)cc(Cl)c1)C(=O)NC(C)(C)/C=C/C(=O)NCC(F)F. The number of hydrogen-bond acceptors (Lipinski definition) is 3. The summed E-state index contributed by atoms with van der Waals surface area (Å²) < 4.78 is 29.8. The van der Waals surface area contributed by atoms with E-state index in [9.17, 15) is 18.4 Å². The van der Waals surface area contributed by atoms with Crippen molar-refractivity contribution >= 4 is 35.0 Å². The first-order valence-electron chi connectivity index (χ1n) is 8.22. The van der Waals surface area contributed by atoms with Gasteiger partial charge < -0.3 is 15.4 Å². The summed E-state index contributed by atoms with van der Waals surface area (Å²) in [6, 6.07) is 4.63. The van der Waals surface area contributed by atoms with E-state index in [1.165, 1.54) is 6.08 Å². The Labute approximate surface area is 167 Å². The summed E-state index contributed by atoms with van der Waals surface area (Å²) >= 11 is 11.8. The number of rotatable bonds is 9. The Morgan fingerprint density at radius 2 is 1.81 bits per heavy atom. The van der Waals surface area contributed by atoms with Gasteiger partial charge in [0.25, 0.3) is 12.3 Å². The zero-order valence-electron chi connectivity index (χ0n) is 15.2. The van der Waals surface area contributed by atoms with E-state index in [4.69, 9.17) is 27.9 Å². The highest BCUT2D eigenvalue weighted by molar-refractivity contribution is 6.34. The molecule has 0 aliphatic carbocycles. The van der Waals surface area contributed by atoms with Crippen LogP contribution in [0.3, 0.4) is 0 Å². The van der Waals surface area contributed by atoms with Gasteiger partial charge in [-0.15, -0.1) is 0 Å². The van der Waals surface area contributed by atoms with Gasteiger partial charge in [0.1, 0.15) is 5.75 Å². The van der Waals surface area contributed by atoms with Gasteiger partial charge in [-0.25, -0.2) is 8.78 Å². The van der Waals surface area contributed by atoms with Gasteiger partial charge in [0.15, 0.2) is 6.10 Å². The molecule has 150 valence electrons. The van der Waals surface area contributed by atoms with Crippen molar-refractivity contribution in [3.8, 4) is 5.75 Å². The summed E-state index contributed by atoms with van der Waals surface area (Å²) in [7, 11) is 0. The second-order valence-corrected chi connectivity index (χ2v) is 7.17. The number of benzene rings is 1. The van der Waals surface area contributed by atoms with Crippen LogP contribution in [0.4, 0.5) is 8.78 Å². The zero-order chi connectivity index (χ0) is 20.6. The molecule has 0 saturated carbocycles. The number of carbonyl (C=O) groups is 2. The molecule has 0 saturated heterocycles. The third kappa shape index (κ3) is 9.06. The molecule has 1 rings (SSSR count). The molecule has 1 aromatic carbocycles. The highest BCUT2D eigenvalue weighted by Crippen LogP contribution is 2.25. The predicted molar refractivity (Wildman–Crippen MR) is 102 cm³/mol. The average Bonchev–Trinajstić information content (AvgIpc) is 2.54. The van der Waals surface area contributed by atoms with E-state index in [1.54, 1.807) is 39.0 Å². The molecular weight excluding hydrogens is 401 g/mol. The molecule has 0 spiro atoms. The number of carbonyl (C=O) groups excluding carboxylic acids is 2. The topological polar surface area (TPSA) is 67.4 Å². The van der Waals surface area contributed by atoms with Gasteiger partial charge in [-0.2, -0.15) is 0 Å². The lowest BCUT2D eigenvalue weighted by Crippen LogP contribution is -2.48. The minimum Gasteiger partial charge on any atom is -0.481 e. The van der Waals surface area contributed by atoms with Gasteiger partial charge in [-0.1, -0.05) is 36.2 Å². The number of nitrogens with one attached hydrogen (secondary N) is 2. The second kappa shape index (κ2) is 10.5. The summed E-state index contributed by atoms with van der Waals surface area (Å²) in [6.45, 7) is 4.36. The Kier molecular flexibility index (Phi) is 8.99. The van der Waals surface area contributed by atoms with E-state index in [1.807, 2.05) is 5.32 Å². The minimum absolute atomic E-state index is 0.356. The summed E-state index contributed by atoms with van der Waals surface area (Å²) in [4.78, 5) is 24.0. The zero-order valence-corrected chi connectivity index (χ0v) is 16.7. The predicted octanol–water partition coefficient (Wildman–Crippen LogP) is 3.98.